The van der Waals surface area contributed by atoms with Gasteiger partial charge in [0.15, 0.2) is 0 Å². The lowest BCUT2D eigenvalue weighted by atomic mass is 10.1. The summed E-state index contributed by atoms with van der Waals surface area (Å²) in [6.45, 7) is 2.42. The van der Waals surface area contributed by atoms with Gasteiger partial charge in [0.25, 0.3) is 0 Å². The third-order valence-corrected chi connectivity index (χ3v) is 2.23. The summed E-state index contributed by atoms with van der Waals surface area (Å²) in [5.74, 6) is 4.90. The van der Waals surface area contributed by atoms with Crippen LogP contribution in [0, 0.1) is 24.7 Å². The van der Waals surface area contributed by atoms with Crippen molar-refractivity contribution in [3.63, 3.8) is 0 Å². The first-order valence-electron chi connectivity index (χ1n) is 4.88. The number of ether oxygens (including phenoxy) is 1. The van der Waals surface area contributed by atoms with E-state index in [4.69, 9.17) is 17.6 Å². The molecule has 0 aromatic heterocycles. The van der Waals surface area contributed by atoms with Gasteiger partial charge in [-0.25, -0.2) is 0 Å². The molecule has 15 heavy (non-hydrogen) atoms. The van der Waals surface area contributed by atoms with Crippen molar-refractivity contribution in [1.29, 1.82) is 0 Å². The zero-order valence-electron chi connectivity index (χ0n) is 8.66. The van der Waals surface area contributed by atoms with Crippen molar-refractivity contribution in [2.45, 2.75) is 12.8 Å². The van der Waals surface area contributed by atoms with Crippen molar-refractivity contribution in [3.8, 4) is 24.7 Å². The van der Waals surface area contributed by atoms with Gasteiger partial charge >= 0.3 is 0 Å². The summed E-state index contributed by atoms with van der Waals surface area (Å²) >= 11 is 0. The molecule has 1 saturated heterocycles. The van der Waals surface area contributed by atoms with E-state index in [9.17, 15) is 5.11 Å². The van der Waals surface area contributed by atoms with Crippen LogP contribution in [0.2, 0.25) is 0 Å². The minimum absolute atomic E-state index is 0.0193. The van der Waals surface area contributed by atoms with Gasteiger partial charge in [0.1, 0.15) is 0 Å². The number of nitrogens with zero attached hydrogens (tertiary/aromatic N) is 1. The third-order valence-electron chi connectivity index (χ3n) is 2.23. The van der Waals surface area contributed by atoms with Crippen LogP contribution >= 0.6 is 0 Å². The van der Waals surface area contributed by atoms with Crippen LogP contribution in [0.1, 0.15) is 12.8 Å². The number of hydrogen-bond acceptors (Lipinski definition) is 3. The van der Waals surface area contributed by atoms with Crippen molar-refractivity contribution in [3.05, 3.63) is 11.5 Å². The van der Waals surface area contributed by atoms with Crippen molar-refractivity contribution >= 4 is 0 Å². The summed E-state index contributed by atoms with van der Waals surface area (Å²) in [7, 11) is 0. The smallest absolute Gasteiger partial charge is 0.0642 e. The fourth-order valence-corrected chi connectivity index (χ4v) is 1.45. The Morgan fingerprint density at radius 3 is 2.20 bits per heavy atom. The van der Waals surface area contributed by atoms with Crippen LogP contribution in [0.5, 0.6) is 0 Å². The first-order valence-corrected chi connectivity index (χ1v) is 4.88. The quantitative estimate of drug-likeness (QED) is 0.477. The molecule has 1 aliphatic heterocycles. The molecule has 0 amide bonds. The normalized spacial score (nSPS) is 15.2. The fourth-order valence-electron chi connectivity index (χ4n) is 1.45. The van der Waals surface area contributed by atoms with Crippen LogP contribution in [-0.4, -0.2) is 31.2 Å². The lowest BCUT2D eigenvalue weighted by molar-refractivity contribution is -0.337. The fraction of sp³-hybridized carbons (Fsp3) is 0.500. The average molecular weight is 204 g/mol. The first kappa shape index (κ1) is 11.5. The van der Waals surface area contributed by atoms with Gasteiger partial charge in [0.05, 0.1) is 13.2 Å². The molecule has 1 heterocycles. The molecule has 0 aromatic carbocycles. The summed E-state index contributed by atoms with van der Waals surface area (Å²) in [5.41, 5.74) is 0.627. The lowest BCUT2D eigenvalue weighted by Crippen LogP contribution is -2.40. The Labute approximate surface area is 90.7 Å². The molecular weight excluding hydrogens is 190 g/mol. The monoisotopic (exact) mass is 204 g/mol. The Bertz CT molecular complexity index is 295. The third kappa shape index (κ3) is 3.23. The number of morpholine rings is 1. The van der Waals surface area contributed by atoms with E-state index in [1.54, 1.807) is 4.90 Å². The Morgan fingerprint density at radius 1 is 1.20 bits per heavy atom. The van der Waals surface area contributed by atoms with Crippen molar-refractivity contribution < 1.29 is 9.84 Å². The molecule has 0 radical (unpaired) electrons. The van der Waals surface area contributed by atoms with E-state index in [1.165, 1.54) is 0 Å². The van der Waals surface area contributed by atoms with E-state index in [-0.39, 0.29) is 5.88 Å². The van der Waals surface area contributed by atoms with E-state index in [0.29, 0.717) is 44.7 Å². The molecule has 1 fully saturated rings. The summed E-state index contributed by atoms with van der Waals surface area (Å²) in [4.78, 5) is 1.74. The van der Waals surface area contributed by atoms with Gasteiger partial charge in [-0.3, -0.25) is 0 Å². The molecular formula is C12H14NO2-. The second-order valence-electron chi connectivity index (χ2n) is 3.27. The highest BCUT2D eigenvalue weighted by Gasteiger charge is 2.10. The molecule has 0 atom stereocenters. The molecule has 1 rings (SSSR count). The van der Waals surface area contributed by atoms with Crippen LogP contribution in [-0.2, 0) is 4.74 Å². The van der Waals surface area contributed by atoms with Crippen molar-refractivity contribution in [1.82, 2.24) is 4.90 Å². The number of hydrogen-bond donors (Lipinski definition) is 0. The van der Waals surface area contributed by atoms with Crippen LogP contribution in [0.3, 0.4) is 0 Å². The van der Waals surface area contributed by atoms with E-state index < -0.39 is 0 Å². The van der Waals surface area contributed by atoms with Gasteiger partial charge in [-0.15, -0.1) is 24.7 Å². The maximum atomic E-state index is 11.9. The molecule has 0 aliphatic carbocycles. The van der Waals surface area contributed by atoms with Gasteiger partial charge in [-0.05, 0) is 11.5 Å². The Balaban J connectivity index is 2.73. The predicted octanol–water partition coefficient (Wildman–Crippen LogP) is -0.0629. The zero-order valence-corrected chi connectivity index (χ0v) is 8.66. The molecule has 80 valence electrons. The molecule has 0 aromatic rings. The second kappa shape index (κ2) is 6.01. The minimum Gasteiger partial charge on any atom is -0.860 e. The molecule has 0 unspecified atom stereocenters. The van der Waals surface area contributed by atoms with Gasteiger partial charge in [0, 0.05) is 25.9 Å². The molecule has 1 aliphatic rings. The lowest BCUT2D eigenvalue weighted by Gasteiger charge is -2.36. The summed E-state index contributed by atoms with van der Waals surface area (Å²) in [6, 6.07) is 0. The Hall–Kier alpha value is -1.58. The van der Waals surface area contributed by atoms with Gasteiger partial charge in [-0.2, -0.15) is 0 Å². The van der Waals surface area contributed by atoms with Crippen LogP contribution in [0.4, 0.5) is 0 Å². The number of terminal acetylenes is 2. The van der Waals surface area contributed by atoms with E-state index in [2.05, 4.69) is 11.8 Å². The largest absolute Gasteiger partial charge is 0.860 e. The van der Waals surface area contributed by atoms with Crippen LogP contribution in [0.25, 0.3) is 0 Å². The summed E-state index contributed by atoms with van der Waals surface area (Å²) in [6.07, 6.45) is 11.1. The SMILES string of the molecule is C#CCC(CC#C)=C([O-])N1CCOCC1. The zero-order chi connectivity index (χ0) is 11.1. The van der Waals surface area contributed by atoms with E-state index in [0.717, 1.165) is 0 Å². The average Bonchev–Trinajstić information content (AvgIpc) is 2.29. The Kier molecular flexibility index (Phi) is 4.60. The predicted molar refractivity (Wildman–Crippen MR) is 56.3 cm³/mol. The van der Waals surface area contributed by atoms with Crippen LogP contribution in [0.15, 0.2) is 11.5 Å². The maximum Gasteiger partial charge on any atom is 0.0642 e. The second-order valence-corrected chi connectivity index (χ2v) is 3.27. The molecule has 3 heteroatoms. The highest BCUT2D eigenvalue weighted by molar-refractivity contribution is 5.18. The molecule has 0 N–H and O–H groups in total. The van der Waals surface area contributed by atoms with E-state index >= 15 is 0 Å². The van der Waals surface area contributed by atoms with E-state index in [1.807, 2.05) is 0 Å². The van der Waals surface area contributed by atoms with Gasteiger partial charge < -0.3 is 14.7 Å². The standard InChI is InChI=1S/C12H15NO2/c1-3-5-11(6-4-2)12(14)13-7-9-15-10-8-13/h1-2,14H,5-10H2/p-1. The minimum atomic E-state index is -0.0193. The summed E-state index contributed by atoms with van der Waals surface area (Å²) < 4.78 is 5.17. The maximum absolute atomic E-state index is 11.9. The summed E-state index contributed by atoms with van der Waals surface area (Å²) in [5, 5.41) is 11.9. The topological polar surface area (TPSA) is 35.5 Å². The highest BCUT2D eigenvalue weighted by Crippen LogP contribution is 2.13. The van der Waals surface area contributed by atoms with Gasteiger partial charge in [0.2, 0.25) is 0 Å². The van der Waals surface area contributed by atoms with Crippen molar-refractivity contribution in [2.24, 2.45) is 0 Å². The van der Waals surface area contributed by atoms with Gasteiger partial charge in [-0.1, -0.05) is 0 Å². The molecule has 0 saturated carbocycles. The van der Waals surface area contributed by atoms with Crippen molar-refractivity contribution in [2.75, 3.05) is 26.3 Å². The Morgan fingerprint density at radius 2 is 1.73 bits per heavy atom. The molecule has 3 nitrogen and oxygen atoms in total. The first-order chi connectivity index (χ1) is 7.29. The molecule has 0 spiro atoms. The molecule has 0 bridgehead atoms. The van der Waals surface area contributed by atoms with Crippen LogP contribution < -0.4 is 5.11 Å². The number of rotatable bonds is 3. The number of allylic oxidation sites excluding steroid dienone is 1. The highest BCUT2D eigenvalue weighted by atomic mass is 16.5.